The summed E-state index contributed by atoms with van der Waals surface area (Å²) in [5, 5.41) is 6.19. The van der Waals surface area contributed by atoms with Crippen LogP contribution in [0.3, 0.4) is 0 Å². The van der Waals surface area contributed by atoms with E-state index in [1.54, 1.807) is 23.1 Å². The lowest BCUT2D eigenvalue weighted by molar-refractivity contribution is -0.124. The van der Waals surface area contributed by atoms with Gasteiger partial charge in [-0.1, -0.05) is 6.92 Å². The monoisotopic (exact) mass is 299 g/mol. The summed E-state index contributed by atoms with van der Waals surface area (Å²) in [4.78, 5) is 18.9. The summed E-state index contributed by atoms with van der Waals surface area (Å²) in [6.07, 6.45) is 3.05. The molecule has 1 aliphatic rings. The number of nitrogens with one attached hydrogen (secondary N) is 1. The van der Waals surface area contributed by atoms with Crippen molar-refractivity contribution in [2.75, 3.05) is 25.9 Å². The molecule has 0 spiro atoms. The van der Waals surface area contributed by atoms with Gasteiger partial charge < -0.3 is 10.2 Å². The quantitative estimate of drug-likeness (QED) is 0.872. The third kappa shape index (κ3) is 4.19. The van der Waals surface area contributed by atoms with Crippen LogP contribution in [0.1, 0.15) is 24.0 Å². The second kappa shape index (κ2) is 7.26. The van der Waals surface area contributed by atoms with Gasteiger partial charge in [0, 0.05) is 17.7 Å². The van der Waals surface area contributed by atoms with Crippen LogP contribution < -0.4 is 5.32 Å². The smallest absolute Gasteiger partial charge is 0.224 e. The summed E-state index contributed by atoms with van der Waals surface area (Å²) >= 11 is 3.44. The summed E-state index contributed by atoms with van der Waals surface area (Å²) in [6.45, 7) is 5.68. The first-order chi connectivity index (χ1) is 9.22. The van der Waals surface area contributed by atoms with Gasteiger partial charge in [0.05, 0.1) is 18.2 Å². The number of aromatic nitrogens is 1. The molecule has 4 nitrogen and oxygen atoms in total. The largest absolute Gasteiger partial charge is 0.350 e. The van der Waals surface area contributed by atoms with Crippen LogP contribution in [0.15, 0.2) is 5.38 Å². The van der Waals surface area contributed by atoms with E-state index in [1.165, 1.54) is 0 Å². The molecule has 1 aromatic rings. The fourth-order valence-electron chi connectivity index (χ4n) is 2.28. The number of hydrogen-bond acceptors (Lipinski definition) is 5. The predicted molar refractivity (Wildman–Crippen MR) is 81.4 cm³/mol. The Morgan fingerprint density at radius 2 is 2.53 bits per heavy atom. The van der Waals surface area contributed by atoms with Crippen molar-refractivity contribution in [1.29, 1.82) is 0 Å². The Hall–Kier alpha value is -0.590. The van der Waals surface area contributed by atoms with Crippen molar-refractivity contribution in [2.45, 2.75) is 25.6 Å². The summed E-state index contributed by atoms with van der Waals surface area (Å²) in [5.41, 5.74) is 0.979. The van der Waals surface area contributed by atoms with E-state index in [9.17, 15) is 4.79 Å². The third-order valence-corrected chi connectivity index (χ3v) is 5.04. The minimum absolute atomic E-state index is 0.157. The first-order valence-corrected chi connectivity index (χ1v) is 8.92. The van der Waals surface area contributed by atoms with Gasteiger partial charge >= 0.3 is 0 Å². The van der Waals surface area contributed by atoms with Gasteiger partial charge in [0.2, 0.25) is 5.91 Å². The molecule has 1 amide bonds. The zero-order valence-electron chi connectivity index (χ0n) is 11.5. The average molecular weight is 299 g/mol. The highest BCUT2D eigenvalue weighted by Gasteiger charge is 2.26. The second-order valence-corrected chi connectivity index (χ2v) is 6.57. The number of hydrogen-bond donors (Lipinski definition) is 1. The molecule has 0 saturated carbocycles. The zero-order valence-corrected chi connectivity index (χ0v) is 13.1. The zero-order chi connectivity index (χ0) is 13.7. The number of rotatable bonds is 6. The third-order valence-electron chi connectivity index (χ3n) is 3.40. The molecule has 0 aliphatic carbocycles. The Morgan fingerprint density at radius 3 is 3.21 bits per heavy atom. The Morgan fingerprint density at radius 1 is 1.68 bits per heavy atom. The van der Waals surface area contributed by atoms with Gasteiger partial charge in [-0.05, 0) is 25.8 Å². The van der Waals surface area contributed by atoms with E-state index in [4.69, 9.17) is 0 Å². The molecule has 1 aliphatic heterocycles. The Bertz CT molecular complexity index is 422. The van der Waals surface area contributed by atoms with Crippen molar-refractivity contribution in [3.8, 4) is 0 Å². The first-order valence-electron chi connectivity index (χ1n) is 6.65. The maximum absolute atomic E-state index is 12.0. The van der Waals surface area contributed by atoms with Crippen molar-refractivity contribution in [1.82, 2.24) is 15.2 Å². The van der Waals surface area contributed by atoms with Crippen molar-refractivity contribution in [2.24, 2.45) is 5.92 Å². The van der Waals surface area contributed by atoms with Gasteiger partial charge in [-0.25, -0.2) is 4.98 Å². The molecule has 0 radical (unpaired) electrons. The van der Waals surface area contributed by atoms with Crippen LogP contribution in [-0.2, 0) is 17.1 Å². The number of thioether (sulfide) groups is 1. The summed E-state index contributed by atoms with van der Waals surface area (Å²) in [6, 6.07) is 0. The van der Waals surface area contributed by atoms with Crippen LogP contribution in [-0.4, -0.2) is 41.7 Å². The summed E-state index contributed by atoms with van der Waals surface area (Å²) < 4.78 is 0. The van der Waals surface area contributed by atoms with Crippen LogP contribution in [0.25, 0.3) is 0 Å². The number of thiazole rings is 1. The lowest BCUT2D eigenvalue weighted by atomic mass is 10.1. The summed E-state index contributed by atoms with van der Waals surface area (Å²) in [7, 11) is 0. The summed E-state index contributed by atoms with van der Waals surface area (Å²) in [5.74, 6) is 1.28. The maximum atomic E-state index is 12.0. The lowest BCUT2D eigenvalue weighted by Crippen LogP contribution is -2.32. The van der Waals surface area contributed by atoms with E-state index in [1.807, 2.05) is 5.38 Å². The molecule has 106 valence electrons. The van der Waals surface area contributed by atoms with Crippen LogP contribution >= 0.6 is 23.1 Å². The molecule has 1 aromatic heterocycles. The standard InChI is InChI=1S/C13H21N3OS2/c1-3-16-5-4-10(7-16)13(17)14-6-11-8-19-12(15-11)9-18-2/h8,10H,3-7,9H2,1-2H3,(H,14,17). The molecule has 6 heteroatoms. The van der Waals surface area contributed by atoms with E-state index >= 15 is 0 Å². The molecule has 2 rings (SSSR count). The van der Waals surface area contributed by atoms with Crippen molar-refractivity contribution in [3.05, 3.63) is 16.1 Å². The molecule has 1 unspecified atom stereocenters. The lowest BCUT2D eigenvalue weighted by Gasteiger charge is -2.12. The molecular weight excluding hydrogens is 278 g/mol. The molecule has 0 bridgehead atoms. The minimum atomic E-state index is 0.157. The van der Waals surface area contributed by atoms with E-state index < -0.39 is 0 Å². The van der Waals surface area contributed by atoms with Gasteiger partial charge in [0.15, 0.2) is 0 Å². The fraction of sp³-hybridized carbons (Fsp3) is 0.692. The van der Waals surface area contributed by atoms with Gasteiger partial charge in [0.1, 0.15) is 5.01 Å². The van der Waals surface area contributed by atoms with Gasteiger partial charge in [-0.3, -0.25) is 4.79 Å². The van der Waals surface area contributed by atoms with E-state index in [0.717, 1.165) is 42.5 Å². The highest BCUT2D eigenvalue weighted by Crippen LogP contribution is 2.17. The minimum Gasteiger partial charge on any atom is -0.350 e. The maximum Gasteiger partial charge on any atom is 0.224 e. The van der Waals surface area contributed by atoms with Crippen molar-refractivity contribution >= 4 is 29.0 Å². The Labute approximate surface area is 123 Å². The number of nitrogens with zero attached hydrogens (tertiary/aromatic N) is 2. The van der Waals surface area contributed by atoms with Crippen LogP contribution in [0.5, 0.6) is 0 Å². The molecule has 2 heterocycles. The molecule has 1 fully saturated rings. The highest BCUT2D eigenvalue weighted by molar-refractivity contribution is 7.97. The Kier molecular flexibility index (Phi) is 5.66. The Balaban J connectivity index is 1.76. The molecule has 0 aromatic carbocycles. The molecule has 1 atom stereocenters. The van der Waals surface area contributed by atoms with Gasteiger partial charge in [0.25, 0.3) is 0 Å². The van der Waals surface area contributed by atoms with E-state index in [-0.39, 0.29) is 11.8 Å². The van der Waals surface area contributed by atoms with Gasteiger partial charge in [-0.2, -0.15) is 11.8 Å². The van der Waals surface area contributed by atoms with E-state index in [2.05, 4.69) is 28.4 Å². The van der Waals surface area contributed by atoms with Crippen LogP contribution in [0.4, 0.5) is 0 Å². The van der Waals surface area contributed by atoms with Crippen molar-refractivity contribution in [3.63, 3.8) is 0 Å². The van der Waals surface area contributed by atoms with Crippen molar-refractivity contribution < 1.29 is 4.79 Å². The first kappa shape index (κ1) is 14.8. The average Bonchev–Trinajstić information content (AvgIpc) is 3.05. The fourth-order valence-corrected chi connectivity index (χ4v) is 3.79. The molecule has 1 saturated heterocycles. The SMILES string of the molecule is CCN1CCC(C(=O)NCc2csc(CSC)n2)C1. The number of carbonyl (C=O) groups excluding carboxylic acids is 1. The highest BCUT2D eigenvalue weighted by atomic mass is 32.2. The van der Waals surface area contributed by atoms with Crippen LogP contribution in [0, 0.1) is 5.92 Å². The molecule has 1 N–H and O–H groups in total. The predicted octanol–water partition coefficient (Wildman–Crippen LogP) is 1.96. The number of amides is 1. The topological polar surface area (TPSA) is 45.2 Å². The normalized spacial score (nSPS) is 19.8. The number of likely N-dealkylation sites (tertiary alicyclic amines) is 1. The number of carbonyl (C=O) groups is 1. The van der Waals surface area contributed by atoms with Gasteiger partial charge in [-0.15, -0.1) is 11.3 Å². The van der Waals surface area contributed by atoms with Crippen LogP contribution in [0.2, 0.25) is 0 Å². The second-order valence-electron chi connectivity index (χ2n) is 4.76. The van der Waals surface area contributed by atoms with E-state index in [0.29, 0.717) is 6.54 Å². The molecular formula is C13H21N3OS2. The molecule has 19 heavy (non-hydrogen) atoms.